The number of carbonyl (C=O) groups is 4. The topological polar surface area (TPSA) is 229 Å². The number of aryl methyl sites for hydroxylation is 1. The van der Waals surface area contributed by atoms with Crippen molar-refractivity contribution in [3.8, 4) is 11.5 Å². The lowest BCUT2D eigenvalue weighted by molar-refractivity contribution is -0.432. The Hall–Kier alpha value is -5.21. The van der Waals surface area contributed by atoms with Crippen LogP contribution in [0.2, 0.25) is 5.02 Å². The van der Waals surface area contributed by atoms with Crippen LogP contribution in [0.15, 0.2) is 92.5 Å². The van der Waals surface area contributed by atoms with Gasteiger partial charge in [-0.25, -0.2) is 5.26 Å². The molecule has 4 aromatic rings. The maximum absolute atomic E-state index is 13.5. The molecule has 0 heterocycles. The SMILES string of the molecule is CC(=O)Nc1cc(S(=O)(=O)O)cc2cc(SOOO)c(N=Nc3ccc(OC(C(=O)Nc4cc(C)ccc4Cl)C(=O)C(C)(C)C)cc3)c(OC3=CC(=O)CCC3)c12. The summed E-state index contributed by atoms with van der Waals surface area (Å²) >= 11 is 6.72. The molecule has 4 N–H and O–H groups in total. The summed E-state index contributed by atoms with van der Waals surface area (Å²) in [6.45, 7) is 7.99. The smallest absolute Gasteiger partial charge is 0.294 e. The van der Waals surface area contributed by atoms with Crippen LogP contribution in [0.4, 0.5) is 22.7 Å². The maximum atomic E-state index is 13.5. The molecular formula is C38H37ClN4O12S2. The number of halogens is 1. The number of allylic oxidation sites excluding steroid dienone is 2. The summed E-state index contributed by atoms with van der Waals surface area (Å²) in [6, 6.07) is 14.5. The summed E-state index contributed by atoms with van der Waals surface area (Å²) in [5.74, 6) is -1.75. The zero-order valence-corrected chi connectivity index (χ0v) is 33.5. The first-order valence-electron chi connectivity index (χ1n) is 17.1. The predicted molar refractivity (Wildman–Crippen MR) is 211 cm³/mol. The lowest BCUT2D eigenvalue weighted by atomic mass is 9.87. The van der Waals surface area contributed by atoms with E-state index in [0.717, 1.165) is 17.7 Å². The van der Waals surface area contributed by atoms with Crippen molar-refractivity contribution in [2.75, 3.05) is 10.6 Å². The molecule has 0 aromatic heterocycles. The highest BCUT2D eigenvalue weighted by Gasteiger charge is 2.37. The van der Waals surface area contributed by atoms with Gasteiger partial charge in [0.25, 0.3) is 16.0 Å². The zero-order chi connectivity index (χ0) is 41.7. The fourth-order valence-corrected chi connectivity index (χ4v) is 6.75. The van der Waals surface area contributed by atoms with Gasteiger partial charge < -0.3 is 20.1 Å². The van der Waals surface area contributed by atoms with Crippen LogP contribution in [-0.4, -0.2) is 47.7 Å². The summed E-state index contributed by atoms with van der Waals surface area (Å²) in [7, 11) is -4.78. The highest BCUT2D eigenvalue weighted by atomic mass is 35.5. The van der Waals surface area contributed by atoms with Crippen molar-refractivity contribution in [2.45, 2.75) is 69.8 Å². The molecule has 5 rings (SSSR count). The Kier molecular flexibility index (Phi) is 13.5. The van der Waals surface area contributed by atoms with Crippen molar-refractivity contribution in [3.63, 3.8) is 0 Å². The van der Waals surface area contributed by atoms with E-state index in [9.17, 15) is 32.1 Å². The summed E-state index contributed by atoms with van der Waals surface area (Å²) in [5, 5.41) is 27.2. The number of nitrogens with one attached hydrogen (secondary N) is 2. The highest BCUT2D eigenvalue weighted by Crippen LogP contribution is 2.49. The summed E-state index contributed by atoms with van der Waals surface area (Å²) < 4.78 is 51.3. The molecule has 4 aromatic carbocycles. The molecule has 1 aliphatic rings. The van der Waals surface area contributed by atoms with Crippen molar-refractivity contribution < 1.29 is 56.3 Å². The van der Waals surface area contributed by atoms with Crippen LogP contribution in [-0.2, 0) is 38.7 Å². The van der Waals surface area contributed by atoms with Gasteiger partial charge in [-0.2, -0.15) is 13.5 Å². The van der Waals surface area contributed by atoms with Crippen molar-refractivity contribution in [2.24, 2.45) is 15.6 Å². The standard InChI is InChI=1S/C38H37ClN4O12S2/c1-20-9-14-28(39)29(15-20)41-37(47)35(36(46)38(3,4)5)52-25-12-10-23(11-13-25)42-43-33-31(56-55-54-48)17-22-16-27(57(49,50)51)19-30(40-21(2)44)32(22)34(33)53-26-8-6-7-24(45)18-26/h9-19,35,48H,6-8H2,1-5H3,(H,40,44)(H,41,47)(H,49,50,51). The van der Waals surface area contributed by atoms with E-state index in [1.54, 1.807) is 39.0 Å². The normalized spacial score (nSPS) is 14.0. The fourth-order valence-electron chi connectivity index (χ4n) is 5.55. The first-order chi connectivity index (χ1) is 26.8. The zero-order valence-electron chi connectivity index (χ0n) is 31.1. The van der Waals surface area contributed by atoms with Crippen molar-refractivity contribution in [3.05, 3.63) is 83.1 Å². The second-order valence-corrected chi connectivity index (χ2v) is 16.4. The van der Waals surface area contributed by atoms with Crippen LogP contribution in [0, 0.1) is 12.3 Å². The van der Waals surface area contributed by atoms with Gasteiger partial charge in [0, 0.05) is 31.3 Å². The average Bonchev–Trinajstić information content (AvgIpc) is 3.13. The van der Waals surface area contributed by atoms with Gasteiger partial charge in [0.1, 0.15) is 17.2 Å². The number of amides is 2. The van der Waals surface area contributed by atoms with E-state index in [0.29, 0.717) is 37.0 Å². The number of hydrogen-bond donors (Lipinski definition) is 4. The molecule has 0 aliphatic heterocycles. The van der Waals surface area contributed by atoms with E-state index >= 15 is 0 Å². The number of fused-ring (bicyclic) bond motifs is 1. The Balaban J connectivity index is 1.57. The minimum absolute atomic E-state index is 0.0440. The molecule has 0 radical (unpaired) electrons. The molecule has 1 atom stereocenters. The lowest BCUT2D eigenvalue weighted by Gasteiger charge is -2.25. The number of ether oxygens (including phenoxy) is 2. The first-order valence-corrected chi connectivity index (χ1v) is 19.7. The number of hydrogen-bond acceptors (Lipinski definition) is 14. The largest absolute Gasteiger partial charge is 0.473 e. The van der Waals surface area contributed by atoms with Crippen molar-refractivity contribution in [1.29, 1.82) is 0 Å². The molecule has 1 unspecified atom stereocenters. The van der Waals surface area contributed by atoms with Crippen LogP contribution < -0.4 is 20.1 Å². The minimum Gasteiger partial charge on any atom is -0.473 e. The van der Waals surface area contributed by atoms with Gasteiger partial charge in [-0.1, -0.05) is 43.5 Å². The fraction of sp³-hybridized carbons (Fsp3) is 0.263. The maximum Gasteiger partial charge on any atom is 0.294 e. The van der Waals surface area contributed by atoms with E-state index in [1.165, 1.54) is 43.3 Å². The third-order valence-corrected chi connectivity index (χ3v) is 10.0. The lowest BCUT2D eigenvalue weighted by Crippen LogP contribution is -2.45. The Labute approximate surface area is 336 Å². The molecule has 0 saturated heterocycles. The predicted octanol–water partition coefficient (Wildman–Crippen LogP) is 8.87. The quantitative estimate of drug-likeness (QED) is 0.0232. The number of anilines is 2. The molecule has 16 nitrogen and oxygen atoms in total. The second kappa shape index (κ2) is 17.9. The molecular weight excluding hydrogens is 804 g/mol. The molecule has 1 aliphatic carbocycles. The van der Waals surface area contributed by atoms with Gasteiger partial charge in [-0.05, 0) is 78.9 Å². The Morgan fingerprint density at radius 3 is 2.32 bits per heavy atom. The monoisotopic (exact) mass is 840 g/mol. The highest BCUT2D eigenvalue weighted by molar-refractivity contribution is 7.94. The van der Waals surface area contributed by atoms with Gasteiger partial charge in [0.05, 0.1) is 49.3 Å². The number of carbonyl (C=O) groups excluding carboxylic acids is 4. The average molecular weight is 841 g/mol. The number of Topliss-reactive ketones (excluding diaryl/α,β-unsaturated/α-hetero) is 1. The van der Waals surface area contributed by atoms with Crippen LogP contribution in [0.1, 0.15) is 52.5 Å². The third-order valence-electron chi connectivity index (χ3n) is 8.22. The molecule has 2 amide bonds. The van der Waals surface area contributed by atoms with E-state index in [1.807, 2.05) is 6.92 Å². The number of benzene rings is 4. The second-order valence-electron chi connectivity index (χ2n) is 13.8. The Morgan fingerprint density at radius 1 is 0.965 bits per heavy atom. The van der Waals surface area contributed by atoms with Crippen LogP contribution in [0.25, 0.3) is 10.8 Å². The minimum atomic E-state index is -4.78. The van der Waals surface area contributed by atoms with Gasteiger partial charge in [-0.15, -0.1) is 9.45 Å². The van der Waals surface area contributed by atoms with Gasteiger partial charge >= 0.3 is 0 Å². The van der Waals surface area contributed by atoms with Gasteiger partial charge in [-0.3, -0.25) is 23.7 Å². The third kappa shape index (κ3) is 11.0. The van der Waals surface area contributed by atoms with Crippen LogP contribution in [0.5, 0.6) is 11.5 Å². The number of azo groups is 1. The van der Waals surface area contributed by atoms with Crippen LogP contribution >= 0.6 is 23.6 Å². The first kappa shape index (κ1) is 42.9. The van der Waals surface area contributed by atoms with E-state index in [2.05, 4.69) is 25.9 Å². The summed E-state index contributed by atoms with van der Waals surface area (Å²) in [4.78, 5) is 51.0. The van der Waals surface area contributed by atoms with Gasteiger partial charge in [0.2, 0.25) is 12.0 Å². The Bertz CT molecular complexity index is 2410. The number of rotatable bonds is 14. The number of nitrogens with zero attached hydrogens (tertiary/aromatic N) is 2. The Morgan fingerprint density at radius 2 is 1.68 bits per heavy atom. The van der Waals surface area contributed by atoms with Crippen molar-refractivity contribution in [1.82, 2.24) is 0 Å². The molecule has 300 valence electrons. The molecule has 0 spiro atoms. The van der Waals surface area contributed by atoms with E-state index in [-0.39, 0.29) is 60.8 Å². The van der Waals surface area contributed by atoms with E-state index < -0.39 is 44.1 Å². The van der Waals surface area contributed by atoms with Crippen LogP contribution in [0.3, 0.4) is 0 Å². The number of ketones is 2. The summed E-state index contributed by atoms with van der Waals surface area (Å²) in [5.41, 5.74) is 0.259. The van der Waals surface area contributed by atoms with Crippen molar-refractivity contribution >= 4 is 90.7 Å². The molecule has 57 heavy (non-hydrogen) atoms. The molecule has 0 fully saturated rings. The van der Waals surface area contributed by atoms with Gasteiger partial charge in [0.15, 0.2) is 17.3 Å². The molecule has 19 heteroatoms. The summed E-state index contributed by atoms with van der Waals surface area (Å²) in [6.07, 6.45) is 0.855. The van der Waals surface area contributed by atoms with E-state index in [4.69, 9.17) is 30.7 Å². The molecule has 0 saturated carbocycles. The molecule has 0 bridgehead atoms.